The third-order valence-electron chi connectivity index (χ3n) is 2.36. The third-order valence-corrected chi connectivity index (χ3v) is 2.59. The molecule has 0 radical (unpaired) electrons. The Morgan fingerprint density at radius 3 is 2.67 bits per heavy atom. The van der Waals surface area contributed by atoms with Gasteiger partial charge in [-0.1, -0.05) is 23.7 Å². The molecule has 1 rings (SSSR count). The first kappa shape index (κ1) is 15.0. The average Bonchev–Trinajstić information content (AvgIpc) is 2.23. The molecule has 0 amide bonds. The maximum atomic E-state index is 11.6. The van der Waals surface area contributed by atoms with Crippen molar-refractivity contribution in [2.75, 3.05) is 0 Å². The number of hydrogen-bond acceptors (Lipinski definition) is 3. The Morgan fingerprint density at radius 1 is 1.44 bits per heavy atom. The molecule has 0 bridgehead atoms. The van der Waals surface area contributed by atoms with Crippen molar-refractivity contribution in [1.29, 1.82) is 0 Å². The van der Waals surface area contributed by atoms with E-state index in [1.165, 1.54) is 0 Å². The van der Waals surface area contributed by atoms with Crippen LogP contribution in [0.25, 0.3) is 0 Å². The summed E-state index contributed by atoms with van der Waals surface area (Å²) in [5.74, 6) is -0.222. The molecule has 0 aromatic heterocycles. The van der Waals surface area contributed by atoms with Crippen molar-refractivity contribution >= 4 is 17.6 Å². The molecule has 2 N–H and O–H groups in total. The predicted molar refractivity (Wildman–Crippen MR) is 73.5 cm³/mol. The van der Waals surface area contributed by atoms with E-state index in [4.69, 9.17) is 22.1 Å². The van der Waals surface area contributed by atoms with Gasteiger partial charge in [0.25, 0.3) is 0 Å². The van der Waals surface area contributed by atoms with Gasteiger partial charge in [0.15, 0.2) is 0 Å². The zero-order valence-corrected chi connectivity index (χ0v) is 11.8. The molecule has 0 heterocycles. The molecule has 1 aromatic carbocycles. The van der Waals surface area contributed by atoms with Crippen LogP contribution < -0.4 is 5.73 Å². The van der Waals surface area contributed by atoms with Crippen molar-refractivity contribution in [3.63, 3.8) is 0 Å². The van der Waals surface area contributed by atoms with Gasteiger partial charge in [0.1, 0.15) is 5.60 Å². The maximum absolute atomic E-state index is 11.6. The van der Waals surface area contributed by atoms with E-state index in [-0.39, 0.29) is 12.0 Å². The summed E-state index contributed by atoms with van der Waals surface area (Å²) in [5, 5.41) is 0.653. The minimum Gasteiger partial charge on any atom is -0.460 e. The van der Waals surface area contributed by atoms with Crippen LogP contribution in [0.3, 0.4) is 0 Å². The first-order valence-electron chi connectivity index (χ1n) is 6.01. The molecule has 4 heteroatoms. The smallest absolute Gasteiger partial charge is 0.306 e. The second kappa shape index (κ2) is 6.21. The van der Waals surface area contributed by atoms with Crippen LogP contribution in [-0.4, -0.2) is 11.6 Å². The normalized spacial score (nSPS) is 13.2. The van der Waals surface area contributed by atoms with Gasteiger partial charge in [-0.05, 0) is 44.9 Å². The molecule has 0 aliphatic heterocycles. The Hall–Kier alpha value is -1.06. The summed E-state index contributed by atoms with van der Waals surface area (Å²) < 4.78 is 5.23. The lowest BCUT2D eigenvalue weighted by Crippen LogP contribution is -2.24. The van der Waals surface area contributed by atoms with Crippen LogP contribution in [0.5, 0.6) is 0 Å². The van der Waals surface area contributed by atoms with Gasteiger partial charge in [-0.25, -0.2) is 0 Å². The Kier molecular flexibility index (Phi) is 5.17. The van der Waals surface area contributed by atoms with Gasteiger partial charge in [0.2, 0.25) is 0 Å². The number of carbonyl (C=O) groups is 1. The van der Waals surface area contributed by atoms with E-state index >= 15 is 0 Å². The van der Waals surface area contributed by atoms with Crippen molar-refractivity contribution in [2.45, 2.75) is 45.3 Å². The lowest BCUT2D eigenvalue weighted by Gasteiger charge is -2.20. The fourth-order valence-electron chi connectivity index (χ4n) is 1.57. The number of ether oxygens (including phenoxy) is 1. The van der Waals surface area contributed by atoms with Gasteiger partial charge < -0.3 is 10.5 Å². The number of carbonyl (C=O) groups excluding carboxylic acids is 1. The van der Waals surface area contributed by atoms with Crippen LogP contribution in [0.1, 0.15) is 45.2 Å². The fourth-order valence-corrected chi connectivity index (χ4v) is 1.77. The van der Waals surface area contributed by atoms with Crippen molar-refractivity contribution in [1.82, 2.24) is 0 Å². The van der Waals surface area contributed by atoms with E-state index in [9.17, 15) is 4.79 Å². The fraction of sp³-hybridized carbons (Fsp3) is 0.500. The minimum atomic E-state index is -0.447. The molecule has 0 spiro atoms. The standard InChI is InChI=1S/C14H20ClNO2/c1-14(2,3)18-13(17)8-7-12(16)10-5-4-6-11(15)9-10/h4-6,9,12H,7-8,16H2,1-3H3/t12-/m1/s1. The van der Waals surface area contributed by atoms with Gasteiger partial charge >= 0.3 is 5.97 Å². The minimum absolute atomic E-state index is 0.198. The lowest BCUT2D eigenvalue weighted by molar-refractivity contribution is -0.155. The number of hydrogen-bond donors (Lipinski definition) is 1. The van der Waals surface area contributed by atoms with Crippen LogP contribution in [0.2, 0.25) is 5.02 Å². The van der Waals surface area contributed by atoms with E-state index in [1.807, 2.05) is 39.0 Å². The highest BCUT2D eigenvalue weighted by Crippen LogP contribution is 2.20. The topological polar surface area (TPSA) is 52.3 Å². The first-order valence-corrected chi connectivity index (χ1v) is 6.38. The molecule has 0 saturated carbocycles. The van der Waals surface area contributed by atoms with Crippen LogP contribution in [0.4, 0.5) is 0 Å². The monoisotopic (exact) mass is 269 g/mol. The van der Waals surface area contributed by atoms with Crippen molar-refractivity contribution < 1.29 is 9.53 Å². The van der Waals surface area contributed by atoms with Gasteiger partial charge in [-0.15, -0.1) is 0 Å². The van der Waals surface area contributed by atoms with Gasteiger partial charge in [0.05, 0.1) is 0 Å². The number of benzene rings is 1. The average molecular weight is 270 g/mol. The molecule has 18 heavy (non-hydrogen) atoms. The van der Waals surface area contributed by atoms with Crippen molar-refractivity contribution in [2.24, 2.45) is 5.73 Å². The van der Waals surface area contributed by atoms with E-state index in [0.29, 0.717) is 17.9 Å². The molecular formula is C14H20ClNO2. The molecule has 3 nitrogen and oxygen atoms in total. The zero-order chi connectivity index (χ0) is 13.8. The first-order chi connectivity index (χ1) is 8.28. The summed E-state index contributed by atoms with van der Waals surface area (Å²) >= 11 is 5.89. The SMILES string of the molecule is CC(C)(C)OC(=O)CC[C@@H](N)c1cccc(Cl)c1. The summed E-state index contributed by atoms with van der Waals surface area (Å²) in [6.45, 7) is 5.55. The molecule has 1 aromatic rings. The number of esters is 1. The molecule has 100 valence electrons. The quantitative estimate of drug-likeness (QED) is 0.852. The van der Waals surface area contributed by atoms with Gasteiger partial charge in [-0.2, -0.15) is 0 Å². The Balaban J connectivity index is 2.46. The predicted octanol–water partition coefficient (Wildman–Crippen LogP) is 3.46. The van der Waals surface area contributed by atoms with Gasteiger partial charge in [0, 0.05) is 17.5 Å². The Bertz CT molecular complexity index is 413. The lowest BCUT2D eigenvalue weighted by atomic mass is 10.0. The molecular weight excluding hydrogens is 250 g/mol. The number of halogens is 1. The second-order valence-corrected chi connectivity index (χ2v) is 5.72. The molecule has 1 atom stereocenters. The summed E-state index contributed by atoms with van der Waals surface area (Å²) in [5.41, 5.74) is 6.50. The molecule has 0 aliphatic carbocycles. The summed E-state index contributed by atoms with van der Waals surface area (Å²) in [6, 6.07) is 7.18. The zero-order valence-electron chi connectivity index (χ0n) is 11.1. The van der Waals surface area contributed by atoms with Crippen LogP contribution in [0.15, 0.2) is 24.3 Å². The molecule has 0 fully saturated rings. The summed E-state index contributed by atoms with van der Waals surface area (Å²) in [6.07, 6.45) is 0.861. The number of nitrogens with two attached hydrogens (primary N) is 1. The van der Waals surface area contributed by atoms with Crippen LogP contribution in [-0.2, 0) is 9.53 Å². The number of rotatable bonds is 4. The van der Waals surface area contributed by atoms with Gasteiger partial charge in [-0.3, -0.25) is 4.79 Å². The maximum Gasteiger partial charge on any atom is 0.306 e. The Morgan fingerprint density at radius 2 is 2.11 bits per heavy atom. The highest BCUT2D eigenvalue weighted by molar-refractivity contribution is 6.30. The van der Waals surface area contributed by atoms with E-state index in [2.05, 4.69) is 0 Å². The molecule has 0 aliphatic rings. The summed E-state index contributed by atoms with van der Waals surface area (Å²) in [7, 11) is 0. The summed E-state index contributed by atoms with van der Waals surface area (Å²) in [4.78, 5) is 11.6. The highest BCUT2D eigenvalue weighted by atomic mass is 35.5. The van der Waals surface area contributed by atoms with Crippen molar-refractivity contribution in [3.05, 3.63) is 34.9 Å². The van der Waals surface area contributed by atoms with E-state index < -0.39 is 5.60 Å². The molecule has 0 saturated heterocycles. The van der Waals surface area contributed by atoms with Crippen LogP contribution >= 0.6 is 11.6 Å². The Labute approximate surface area is 113 Å². The third kappa shape index (κ3) is 5.52. The van der Waals surface area contributed by atoms with E-state index in [1.54, 1.807) is 6.07 Å². The largest absolute Gasteiger partial charge is 0.460 e. The second-order valence-electron chi connectivity index (χ2n) is 5.29. The van der Waals surface area contributed by atoms with E-state index in [0.717, 1.165) is 5.56 Å². The van der Waals surface area contributed by atoms with Crippen LogP contribution in [0, 0.1) is 0 Å². The highest BCUT2D eigenvalue weighted by Gasteiger charge is 2.17. The molecule has 0 unspecified atom stereocenters. The van der Waals surface area contributed by atoms with Crippen molar-refractivity contribution in [3.8, 4) is 0 Å².